The lowest BCUT2D eigenvalue weighted by molar-refractivity contribution is -0.126. The molecule has 0 aliphatic heterocycles. The van der Waals surface area contributed by atoms with Gasteiger partial charge in [-0.1, -0.05) is 19.1 Å². The summed E-state index contributed by atoms with van der Waals surface area (Å²) in [6.45, 7) is 2.78. The van der Waals surface area contributed by atoms with Crippen LogP contribution in [0.2, 0.25) is 0 Å². The maximum atomic E-state index is 12.1. The van der Waals surface area contributed by atoms with Gasteiger partial charge in [-0.15, -0.1) is 0 Å². The first-order chi connectivity index (χ1) is 11.0. The van der Waals surface area contributed by atoms with Gasteiger partial charge in [-0.25, -0.2) is 0 Å². The van der Waals surface area contributed by atoms with Crippen LogP contribution >= 0.6 is 0 Å². The molecule has 1 aliphatic rings. The van der Waals surface area contributed by atoms with Crippen LogP contribution in [0, 0.1) is 11.8 Å². The van der Waals surface area contributed by atoms with E-state index in [1.807, 2.05) is 24.3 Å². The normalized spacial score (nSPS) is 20.7. The molecule has 0 unspecified atom stereocenters. The van der Waals surface area contributed by atoms with E-state index in [0.717, 1.165) is 43.6 Å². The topological polar surface area (TPSA) is 81.4 Å². The summed E-state index contributed by atoms with van der Waals surface area (Å²) in [5.74, 6) is 1.27. The third-order valence-electron chi connectivity index (χ3n) is 4.40. The second-order valence-corrected chi connectivity index (χ2v) is 6.40. The lowest BCUT2D eigenvalue weighted by Crippen LogP contribution is -2.34. The molecule has 5 heteroatoms. The van der Waals surface area contributed by atoms with Crippen LogP contribution < -0.4 is 15.8 Å². The van der Waals surface area contributed by atoms with Gasteiger partial charge in [0.25, 0.3) is 5.91 Å². The summed E-state index contributed by atoms with van der Waals surface area (Å²) in [5, 5.41) is 3.04. The molecule has 23 heavy (non-hydrogen) atoms. The zero-order valence-electron chi connectivity index (χ0n) is 13.7. The quantitative estimate of drug-likeness (QED) is 0.807. The molecule has 1 fully saturated rings. The highest BCUT2D eigenvalue weighted by molar-refractivity contribution is 5.78. The van der Waals surface area contributed by atoms with Crippen molar-refractivity contribution in [1.29, 1.82) is 0 Å². The molecule has 2 rings (SSSR count). The molecule has 0 radical (unpaired) electrons. The Hall–Kier alpha value is -2.04. The fraction of sp³-hybridized carbons (Fsp3) is 0.556. The molecule has 0 aromatic heterocycles. The second kappa shape index (κ2) is 8.56. The van der Waals surface area contributed by atoms with Crippen molar-refractivity contribution in [2.75, 3.05) is 13.2 Å². The number of nitrogens with one attached hydrogen (secondary N) is 1. The number of carbonyl (C=O) groups excluding carboxylic acids is 2. The number of amides is 2. The monoisotopic (exact) mass is 318 g/mol. The summed E-state index contributed by atoms with van der Waals surface area (Å²) in [7, 11) is 0. The van der Waals surface area contributed by atoms with E-state index in [-0.39, 0.29) is 18.4 Å². The minimum Gasteiger partial charge on any atom is -0.484 e. The molecule has 5 nitrogen and oxygen atoms in total. The van der Waals surface area contributed by atoms with E-state index < -0.39 is 5.91 Å². The van der Waals surface area contributed by atoms with Gasteiger partial charge in [-0.3, -0.25) is 9.59 Å². The highest BCUT2D eigenvalue weighted by Gasteiger charge is 2.23. The molecule has 0 atom stereocenters. The number of rotatable bonds is 7. The van der Waals surface area contributed by atoms with Crippen molar-refractivity contribution < 1.29 is 14.3 Å². The van der Waals surface area contributed by atoms with Gasteiger partial charge in [0.15, 0.2) is 6.61 Å². The lowest BCUT2D eigenvalue weighted by atomic mass is 9.82. The molecule has 126 valence electrons. The second-order valence-electron chi connectivity index (χ2n) is 6.40. The lowest BCUT2D eigenvalue weighted by Gasteiger charge is -2.25. The Balaban J connectivity index is 1.69. The third-order valence-corrected chi connectivity index (χ3v) is 4.40. The van der Waals surface area contributed by atoms with Crippen LogP contribution in [0.25, 0.3) is 0 Å². The molecule has 3 N–H and O–H groups in total. The van der Waals surface area contributed by atoms with Crippen molar-refractivity contribution in [1.82, 2.24) is 5.32 Å². The first-order valence-corrected chi connectivity index (χ1v) is 8.32. The average molecular weight is 318 g/mol. The van der Waals surface area contributed by atoms with Gasteiger partial charge in [-0.05, 0) is 55.7 Å². The van der Waals surface area contributed by atoms with E-state index in [1.165, 1.54) is 0 Å². The fourth-order valence-electron chi connectivity index (χ4n) is 2.90. The molecule has 0 spiro atoms. The van der Waals surface area contributed by atoms with Gasteiger partial charge >= 0.3 is 0 Å². The summed E-state index contributed by atoms with van der Waals surface area (Å²) in [6.07, 6.45) is 5.12. The molecule has 1 aliphatic carbocycles. The van der Waals surface area contributed by atoms with E-state index in [4.69, 9.17) is 10.5 Å². The van der Waals surface area contributed by atoms with Crippen LogP contribution in [0.3, 0.4) is 0 Å². The van der Waals surface area contributed by atoms with Crippen molar-refractivity contribution in [2.45, 2.75) is 39.0 Å². The van der Waals surface area contributed by atoms with E-state index >= 15 is 0 Å². The number of carbonyl (C=O) groups is 2. The van der Waals surface area contributed by atoms with Crippen LogP contribution in [0.4, 0.5) is 0 Å². The van der Waals surface area contributed by atoms with E-state index in [0.29, 0.717) is 12.3 Å². The molecule has 0 bridgehead atoms. The molecule has 0 heterocycles. The largest absolute Gasteiger partial charge is 0.484 e. The minimum atomic E-state index is -0.492. The number of primary amides is 1. The van der Waals surface area contributed by atoms with Crippen LogP contribution in [-0.4, -0.2) is 25.0 Å². The van der Waals surface area contributed by atoms with E-state index in [9.17, 15) is 9.59 Å². The zero-order chi connectivity index (χ0) is 16.7. The van der Waals surface area contributed by atoms with Gasteiger partial charge < -0.3 is 15.8 Å². The molecular weight excluding hydrogens is 292 g/mol. The summed E-state index contributed by atoms with van der Waals surface area (Å²) in [6, 6.07) is 7.49. The number of hydrogen-bond acceptors (Lipinski definition) is 3. The Bertz CT molecular complexity index is 520. The average Bonchev–Trinajstić information content (AvgIpc) is 2.54. The first kappa shape index (κ1) is 17.3. The molecule has 0 saturated heterocycles. The van der Waals surface area contributed by atoms with Crippen molar-refractivity contribution in [3.05, 3.63) is 29.8 Å². The number of benzene rings is 1. The summed E-state index contributed by atoms with van der Waals surface area (Å²) < 4.78 is 5.21. The number of nitrogens with two attached hydrogens (primary N) is 1. The molecule has 1 aromatic carbocycles. The van der Waals surface area contributed by atoms with Crippen molar-refractivity contribution >= 4 is 11.8 Å². The van der Waals surface area contributed by atoms with E-state index in [2.05, 4.69) is 12.2 Å². The maximum absolute atomic E-state index is 12.1. The number of hydrogen-bond donors (Lipinski definition) is 2. The van der Waals surface area contributed by atoms with Crippen molar-refractivity contribution in [3.8, 4) is 5.75 Å². The third kappa shape index (κ3) is 5.93. The smallest absolute Gasteiger partial charge is 0.255 e. The Morgan fingerprint density at radius 3 is 2.43 bits per heavy atom. The van der Waals surface area contributed by atoms with Crippen LogP contribution in [0.1, 0.15) is 38.2 Å². The fourth-order valence-corrected chi connectivity index (χ4v) is 2.90. The first-order valence-electron chi connectivity index (χ1n) is 8.32. The number of ether oxygens (including phenoxy) is 1. The maximum Gasteiger partial charge on any atom is 0.255 e. The molecule has 2 amide bonds. The van der Waals surface area contributed by atoms with Crippen LogP contribution in [0.5, 0.6) is 5.75 Å². The SMILES string of the molecule is CC1CCC(C(=O)NCCc2ccc(OCC(N)=O)cc2)CC1. The van der Waals surface area contributed by atoms with Gasteiger partial charge in [0.2, 0.25) is 5.91 Å². The molecule has 1 aromatic rings. The Morgan fingerprint density at radius 2 is 1.83 bits per heavy atom. The summed E-state index contributed by atoms with van der Waals surface area (Å²) in [4.78, 5) is 22.8. The van der Waals surface area contributed by atoms with Gasteiger partial charge in [0, 0.05) is 12.5 Å². The molecular formula is C18H26N2O3. The summed E-state index contributed by atoms with van der Waals surface area (Å²) >= 11 is 0. The standard InChI is InChI=1S/C18H26N2O3/c1-13-2-6-15(7-3-13)18(22)20-11-10-14-4-8-16(9-5-14)23-12-17(19)21/h4-5,8-9,13,15H,2-3,6-7,10-12H2,1H3,(H2,19,21)(H,20,22). The summed E-state index contributed by atoms with van der Waals surface area (Å²) in [5.41, 5.74) is 6.15. The highest BCUT2D eigenvalue weighted by atomic mass is 16.5. The van der Waals surface area contributed by atoms with Gasteiger partial charge in [-0.2, -0.15) is 0 Å². The van der Waals surface area contributed by atoms with Crippen LogP contribution in [0.15, 0.2) is 24.3 Å². The minimum absolute atomic E-state index is 0.116. The Morgan fingerprint density at radius 1 is 1.17 bits per heavy atom. The van der Waals surface area contributed by atoms with Crippen LogP contribution in [-0.2, 0) is 16.0 Å². The predicted octanol–water partition coefficient (Wildman–Crippen LogP) is 2.04. The van der Waals surface area contributed by atoms with E-state index in [1.54, 1.807) is 0 Å². The molecule has 1 saturated carbocycles. The van der Waals surface area contributed by atoms with Gasteiger partial charge in [0.1, 0.15) is 5.75 Å². The zero-order valence-corrected chi connectivity index (χ0v) is 13.7. The Labute approximate surface area is 137 Å². The van der Waals surface area contributed by atoms with Crippen molar-refractivity contribution in [3.63, 3.8) is 0 Å². The van der Waals surface area contributed by atoms with Gasteiger partial charge in [0.05, 0.1) is 0 Å². The predicted molar refractivity (Wildman–Crippen MR) is 89.0 cm³/mol. The Kier molecular flexibility index (Phi) is 6.44. The van der Waals surface area contributed by atoms with Crippen molar-refractivity contribution in [2.24, 2.45) is 17.6 Å². The highest BCUT2D eigenvalue weighted by Crippen LogP contribution is 2.28.